The highest BCUT2D eigenvalue weighted by molar-refractivity contribution is 5.21. The fourth-order valence-electron chi connectivity index (χ4n) is 2.62. The molecule has 1 atom stereocenters. The number of aliphatic hydroxyl groups excluding tert-OH is 1. The monoisotopic (exact) mass is 313 g/mol. The third-order valence-electron chi connectivity index (χ3n) is 3.53. The summed E-state index contributed by atoms with van der Waals surface area (Å²) >= 11 is 0. The Morgan fingerprint density at radius 1 is 0.913 bits per heavy atom. The van der Waals surface area contributed by atoms with E-state index < -0.39 is 6.10 Å². The molecule has 0 aliphatic heterocycles. The van der Waals surface area contributed by atoms with Crippen molar-refractivity contribution in [3.8, 4) is 5.75 Å². The van der Waals surface area contributed by atoms with Gasteiger partial charge in [0.15, 0.2) is 0 Å². The summed E-state index contributed by atoms with van der Waals surface area (Å²) in [6, 6.07) is 20.0. The lowest BCUT2D eigenvalue weighted by atomic mass is 10.1. The van der Waals surface area contributed by atoms with E-state index in [0.29, 0.717) is 19.1 Å². The molecule has 0 aliphatic carbocycles. The first kappa shape index (κ1) is 17.5. The van der Waals surface area contributed by atoms with Gasteiger partial charge < -0.3 is 9.84 Å². The van der Waals surface area contributed by atoms with Gasteiger partial charge >= 0.3 is 0 Å². The highest BCUT2D eigenvalue weighted by Gasteiger charge is 2.14. The third-order valence-corrected chi connectivity index (χ3v) is 3.53. The molecule has 0 saturated carbocycles. The number of nitrogens with zero attached hydrogens (tertiary/aromatic N) is 1. The smallest absolute Gasteiger partial charge is 0.119 e. The Morgan fingerprint density at radius 2 is 1.52 bits per heavy atom. The lowest BCUT2D eigenvalue weighted by molar-refractivity contribution is 0.0615. The Kier molecular flexibility index (Phi) is 7.11. The van der Waals surface area contributed by atoms with Crippen molar-refractivity contribution in [1.29, 1.82) is 0 Å². The quantitative estimate of drug-likeness (QED) is 0.768. The summed E-state index contributed by atoms with van der Waals surface area (Å²) in [5, 5.41) is 10.3. The second kappa shape index (κ2) is 9.33. The van der Waals surface area contributed by atoms with Gasteiger partial charge in [-0.05, 0) is 23.6 Å². The molecule has 124 valence electrons. The third kappa shape index (κ3) is 6.85. The van der Waals surface area contributed by atoms with Gasteiger partial charge in [0.25, 0.3) is 0 Å². The zero-order valence-electron chi connectivity index (χ0n) is 14.1. The molecular weight excluding hydrogens is 286 g/mol. The van der Waals surface area contributed by atoms with E-state index in [1.165, 1.54) is 5.56 Å². The first-order chi connectivity index (χ1) is 11.1. The van der Waals surface area contributed by atoms with E-state index in [1.54, 1.807) is 0 Å². The molecule has 2 rings (SSSR count). The maximum Gasteiger partial charge on any atom is 0.119 e. The van der Waals surface area contributed by atoms with Crippen LogP contribution in [0.15, 0.2) is 60.7 Å². The van der Waals surface area contributed by atoms with Crippen LogP contribution >= 0.6 is 0 Å². The molecule has 3 nitrogen and oxygen atoms in total. The van der Waals surface area contributed by atoms with Crippen LogP contribution < -0.4 is 4.74 Å². The molecule has 2 aromatic rings. The second-order valence-corrected chi connectivity index (χ2v) is 6.35. The largest absolute Gasteiger partial charge is 0.491 e. The SMILES string of the molecule is CC(C)CN(Cc1ccccc1)C[C@@H](O)COc1ccccc1. The average molecular weight is 313 g/mol. The number of rotatable bonds is 9. The summed E-state index contributed by atoms with van der Waals surface area (Å²) in [6.45, 7) is 7.13. The van der Waals surface area contributed by atoms with Crippen LogP contribution in [0.1, 0.15) is 19.4 Å². The molecule has 0 heterocycles. The predicted molar refractivity (Wildman–Crippen MR) is 94.5 cm³/mol. The fraction of sp³-hybridized carbons (Fsp3) is 0.400. The molecule has 0 saturated heterocycles. The number of benzene rings is 2. The molecule has 0 aromatic heterocycles. The summed E-state index contributed by atoms with van der Waals surface area (Å²) in [6.07, 6.45) is -0.502. The van der Waals surface area contributed by atoms with Crippen molar-refractivity contribution in [2.24, 2.45) is 5.92 Å². The van der Waals surface area contributed by atoms with Crippen molar-refractivity contribution < 1.29 is 9.84 Å². The molecule has 3 heteroatoms. The zero-order valence-corrected chi connectivity index (χ0v) is 14.1. The molecule has 0 amide bonds. The van der Waals surface area contributed by atoms with Gasteiger partial charge in [-0.3, -0.25) is 4.90 Å². The van der Waals surface area contributed by atoms with Crippen LogP contribution in [0.4, 0.5) is 0 Å². The highest BCUT2D eigenvalue weighted by atomic mass is 16.5. The van der Waals surface area contributed by atoms with Crippen LogP contribution in [0.25, 0.3) is 0 Å². The predicted octanol–water partition coefficient (Wildman–Crippen LogP) is 3.58. The molecule has 2 aromatic carbocycles. The van der Waals surface area contributed by atoms with Crippen molar-refractivity contribution in [3.05, 3.63) is 66.2 Å². The standard InChI is InChI=1S/C20H27NO2/c1-17(2)13-21(14-18-9-5-3-6-10-18)15-19(22)16-23-20-11-7-4-8-12-20/h3-12,17,19,22H,13-16H2,1-2H3/t19-/m1/s1. The first-order valence-electron chi connectivity index (χ1n) is 8.25. The average Bonchev–Trinajstić information content (AvgIpc) is 2.54. The van der Waals surface area contributed by atoms with E-state index in [4.69, 9.17) is 4.74 Å². The molecule has 0 radical (unpaired) electrons. The van der Waals surface area contributed by atoms with Crippen LogP contribution in [0.2, 0.25) is 0 Å². The molecule has 23 heavy (non-hydrogen) atoms. The van der Waals surface area contributed by atoms with Crippen molar-refractivity contribution in [2.45, 2.75) is 26.5 Å². The van der Waals surface area contributed by atoms with Crippen LogP contribution in [0.3, 0.4) is 0 Å². The van der Waals surface area contributed by atoms with Crippen molar-refractivity contribution in [3.63, 3.8) is 0 Å². The zero-order chi connectivity index (χ0) is 16.5. The Balaban J connectivity index is 1.86. The van der Waals surface area contributed by atoms with Crippen molar-refractivity contribution >= 4 is 0 Å². The van der Waals surface area contributed by atoms with E-state index in [1.807, 2.05) is 36.4 Å². The lowest BCUT2D eigenvalue weighted by Crippen LogP contribution is -2.37. The van der Waals surface area contributed by atoms with Gasteiger partial charge in [-0.2, -0.15) is 0 Å². The molecule has 0 aliphatic rings. The Morgan fingerprint density at radius 3 is 2.13 bits per heavy atom. The van der Waals surface area contributed by atoms with Crippen LogP contribution in [-0.2, 0) is 6.54 Å². The highest BCUT2D eigenvalue weighted by Crippen LogP contribution is 2.11. The normalized spacial score (nSPS) is 12.6. The van der Waals surface area contributed by atoms with Crippen molar-refractivity contribution in [1.82, 2.24) is 4.90 Å². The van der Waals surface area contributed by atoms with E-state index in [2.05, 4.69) is 43.0 Å². The summed E-state index contributed by atoms with van der Waals surface area (Å²) in [4.78, 5) is 2.29. The Hall–Kier alpha value is -1.84. The van der Waals surface area contributed by atoms with Crippen LogP contribution in [-0.4, -0.2) is 35.8 Å². The number of aliphatic hydroxyl groups is 1. The van der Waals surface area contributed by atoms with Gasteiger partial charge in [0.05, 0.1) is 0 Å². The summed E-state index contributed by atoms with van der Waals surface area (Å²) in [7, 11) is 0. The number of hydrogen-bond donors (Lipinski definition) is 1. The molecule has 0 spiro atoms. The van der Waals surface area contributed by atoms with Crippen molar-refractivity contribution in [2.75, 3.05) is 19.7 Å². The summed E-state index contributed by atoms with van der Waals surface area (Å²) in [5.74, 6) is 1.35. The summed E-state index contributed by atoms with van der Waals surface area (Å²) in [5.41, 5.74) is 1.27. The lowest BCUT2D eigenvalue weighted by Gasteiger charge is -2.27. The molecule has 0 fully saturated rings. The van der Waals surface area contributed by atoms with Gasteiger partial charge in [-0.15, -0.1) is 0 Å². The minimum atomic E-state index is -0.502. The molecule has 0 bridgehead atoms. The maximum atomic E-state index is 10.3. The van der Waals surface area contributed by atoms with Gasteiger partial charge in [0.1, 0.15) is 18.5 Å². The minimum absolute atomic E-state index is 0.313. The molecule has 0 unspecified atom stereocenters. The summed E-state index contributed by atoms with van der Waals surface area (Å²) < 4.78 is 5.65. The van der Waals surface area contributed by atoms with Gasteiger partial charge in [-0.25, -0.2) is 0 Å². The topological polar surface area (TPSA) is 32.7 Å². The van der Waals surface area contributed by atoms with Crippen LogP contribution in [0, 0.1) is 5.92 Å². The number of para-hydroxylation sites is 1. The molecular formula is C20H27NO2. The minimum Gasteiger partial charge on any atom is -0.491 e. The van der Waals surface area contributed by atoms with E-state index in [-0.39, 0.29) is 0 Å². The number of hydrogen-bond acceptors (Lipinski definition) is 3. The molecule has 1 N–H and O–H groups in total. The van der Waals surface area contributed by atoms with Gasteiger partial charge in [0.2, 0.25) is 0 Å². The van der Waals surface area contributed by atoms with E-state index in [0.717, 1.165) is 18.8 Å². The second-order valence-electron chi connectivity index (χ2n) is 6.35. The van der Waals surface area contributed by atoms with Gasteiger partial charge in [0, 0.05) is 19.6 Å². The Bertz CT molecular complexity index is 542. The first-order valence-corrected chi connectivity index (χ1v) is 8.25. The van der Waals surface area contributed by atoms with Crippen LogP contribution in [0.5, 0.6) is 5.75 Å². The van der Waals surface area contributed by atoms with E-state index >= 15 is 0 Å². The van der Waals surface area contributed by atoms with Gasteiger partial charge in [-0.1, -0.05) is 62.4 Å². The van der Waals surface area contributed by atoms with E-state index in [9.17, 15) is 5.11 Å². The maximum absolute atomic E-state index is 10.3. The Labute approximate surface area is 139 Å². The fourth-order valence-corrected chi connectivity index (χ4v) is 2.62. The number of ether oxygens (including phenoxy) is 1.